The minimum atomic E-state index is -4.49. The van der Waals surface area contributed by atoms with Gasteiger partial charge in [0.2, 0.25) is 0 Å². The number of rotatable bonds is 4. The molecule has 5 rings (SSSR count). The molecule has 2 unspecified atom stereocenters. The molecule has 8 heteroatoms. The number of nitrogens with one attached hydrogen (secondary N) is 1. The number of furan rings is 1. The molecule has 28 heavy (non-hydrogen) atoms. The maximum Gasteiger partial charge on any atom is 0.419 e. The van der Waals surface area contributed by atoms with Gasteiger partial charge in [0, 0.05) is 23.7 Å². The van der Waals surface area contributed by atoms with E-state index in [9.17, 15) is 18.0 Å². The Morgan fingerprint density at radius 3 is 2.46 bits per heavy atom. The van der Waals surface area contributed by atoms with E-state index < -0.39 is 11.7 Å². The number of ether oxygens (including phenoxy) is 1. The van der Waals surface area contributed by atoms with Crippen molar-refractivity contribution in [2.75, 3.05) is 13.1 Å². The molecule has 4 heterocycles. The van der Waals surface area contributed by atoms with Crippen molar-refractivity contribution in [3.8, 4) is 11.7 Å². The van der Waals surface area contributed by atoms with Crippen molar-refractivity contribution in [1.82, 2.24) is 10.2 Å². The zero-order valence-corrected chi connectivity index (χ0v) is 15.3. The van der Waals surface area contributed by atoms with Crippen LogP contribution in [0.25, 0.3) is 0 Å². The van der Waals surface area contributed by atoms with Gasteiger partial charge >= 0.3 is 6.18 Å². The van der Waals surface area contributed by atoms with E-state index in [0.29, 0.717) is 23.8 Å². The first kappa shape index (κ1) is 18.9. The maximum atomic E-state index is 12.6. The minimum Gasteiger partial charge on any atom is -0.433 e. The van der Waals surface area contributed by atoms with Gasteiger partial charge in [-0.05, 0) is 63.0 Å². The van der Waals surface area contributed by atoms with E-state index in [1.165, 1.54) is 12.1 Å². The third-order valence-corrected chi connectivity index (χ3v) is 5.71. The molecule has 3 aliphatic rings. The van der Waals surface area contributed by atoms with E-state index in [4.69, 9.17) is 9.15 Å². The Morgan fingerprint density at radius 1 is 1.21 bits per heavy atom. The Morgan fingerprint density at radius 2 is 1.89 bits per heavy atom. The summed E-state index contributed by atoms with van der Waals surface area (Å²) in [6, 6.07) is 7.48. The Bertz CT molecular complexity index is 837. The van der Waals surface area contributed by atoms with Gasteiger partial charge in [-0.3, -0.25) is 9.69 Å². The predicted molar refractivity (Wildman–Crippen MR) is 95.2 cm³/mol. The number of fused-ring (bicyclic) bond motifs is 3. The number of halogens is 3. The average molecular weight is 394 g/mol. The van der Waals surface area contributed by atoms with E-state index in [1.54, 1.807) is 12.1 Å². The summed E-state index contributed by atoms with van der Waals surface area (Å²) >= 11 is 0. The van der Waals surface area contributed by atoms with Crippen LogP contribution in [0.5, 0.6) is 11.7 Å². The van der Waals surface area contributed by atoms with Crippen LogP contribution in [-0.2, 0) is 6.18 Å². The SMILES string of the molecule is CC1C(NC(=O)c2ccc(Oc3cc(C(F)(F)F)co3)cc2)C2CCN1CC2. The van der Waals surface area contributed by atoms with Crippen LogP contribution in [0.1, 0.15) is 35.7 Å². The van der Waals surface area contributed by atoms with Crippen LogP contribution in [0, 0.1) is 5.92 Å². The smallest absolute Gasteiger partial charge is 0.419 e. The number of hydrogen-bond acceptors (Lipinski definition) is 4. The van der Waals surface area contributed by atoms with Crippen molar-refractivity contribution >= 4 is 5.91 Å². The molecule has 2 atom stereocenters. The Hall–Kier alpha value is -2.48. The highest BCUT2D eigenvalue weighted by atomic mass is 19.4. The van der Waals surface area contributed by atoms with E-state index in [-0.39, 0.29) is 23.6 Å². The molecule has 3 saturated heterocycles. The Balaban J connectivity index is 1.39. The van der Waals surface area contributed by atoms with E-state index in [1.807, 2.05) is 0 Å². The van der Waals surface area contributed by atoms with Crippen LogP contribution in [0.3, 0.4) is 0 Å². The van der Waals surface area contributed by atoms with Gasteiger partial charge in [0.25, 0.3) is 11.9 Å². The van der Waals surface area contributed by atoms with E-state index in [2.05, 4.69) is 17.1 Å². The predicted octanol–water partition coefficient (Wildman–Crippen LogP) is 4.30. The number of nitrogens with zero attached hydrogens (tertiary/aromatic N) is 1. The standard InChI is InChI=1S/C20H21F3N2O3/c1-12-18(13-6-8-25(12)9-7-13)24-19(26)14-2-4-16(5-3-14)28-17-10-15(11-27-17)20(21,22)23/h2-5,10-13,18H,6-9H2,1H3,(H,24,26). The lowest BCUT2D eigenvalue weighted by molar-refractivity contribution is -0.137. The van der Waals surface area contributed by atoms with Gasteiger partial charge in [0.1, 0.15) is 12.0 Å². The van der Waals surface area contributed by atoms with Gasteiger partial charge < -0.3 is 14.5 Å². The zero-order chi connectivity index (χ0) is 19.9. The molecule has 2 bridgehead atoms. The van der Waals surface area contributed by atoms with Gasteiger partial charge in [-0.1, -0.05) is 0 Å². The van der Waals surface area contributed by atoms with Gasteiger partial charge in [-0.15, -0.1) is 0 Å². The molecule has 5 nitrogen and oxygen atoms in total. The van der Waals surface area contributed by atoms with E-state index in [0.717, 1.165) is 32.0 Å². The largest absolute Gasteiger partial charge is 0.433 e. The summed E-state index contributed by atoms with van der Waals surface area (Å²) < 4.78 is 47.9. The fourth-order valence-corrected chi connectivity index (χ4v) is 4.09. The van der Waals surface area contributed by atoms with Crippen LogP contribution in [0.15, 0.2) is 41.0 Å². The monoisotopic (exact) mass is 394 g/mol. The number of benzene rings is 1. The third kappa shape index (κ3) is 3.73. The lowest BCUT2D eigenvalue weighted by Crippen LogP contribution is -2.62. The van der Waals surface area contributed by atoms with Crippen molar-refractivity contribution in [3.05, 3.63) is 47.7 Å². The van der Waals surface area contributed by atoms with Crippen LogP contribution in [0.4, 0.5) is 13.2 Å². The second kappa shape index (κ2) is 7.16. The quantitative estimate of drug-likeness (QED) is 0.840. The first-order chi connectivity index (χ1) is 13.3. The van der Waals surface area contributed by atoms with Crippen molar-refractivity contribution < 1.29 is 27.1 Å². The number of carbonyl (C=O) groups is 1. The van der Waals surface area contributed by atoms with Gasteiger partial charge in [-0.25, -0.2) is 0 Å². The summed E-state index contributed by atoms with van der Waals surface area (Å²) in [6.07, 6.45) is -1.68. The molecule has 3 aliphatic heterocycles. The summed E-state index contributed by atoms with van der Waals surface area (Å²) in [5, 5.41) is 3.14. The molecule has 1 aromatic heterocycles. The summed E-state index contributed by atoms with van der Waals surface area (Å²) in [7, 11) is 0. The molecule has 2 aromatic rings. The molecule has 0 saturated carbocycles. The topological polar surface area (TPSA) is 54.7 Å². The second-order valence-electron chi connectivity index (χ2n) is 7.39. The van der Waals surface area contributed by atoms with Crippen LogP contribution >= 0.6 is 0 Å². The fourth-order valence-electron chi connectivity index (χ4n) is 4.09. The number of carbonyl (C=O) groups excluding carboxylic acids is 1. The molecule has 0 aliphatic carbocycles. The highest BCUT2D eigenvalue weighted by molar-refractivity contribution is 5.94. The van der Waals surface area contributed by atoms with E-state index >= 15 is 0 Å². The second-order valence-corrected chi connectivity index (χ2v) is 7.39. The van der Waals surface area contributed by atoms with Gasteiger partial charge in [0.05, 0.1) is 5.56 Å². The van der Waals surface area contributed by atoms with Crippen molar-refractivity contribution in [2.45, 2.75) is 38.0 Å². The van der Waals surface area contributed by atoms with Gasteiger partial charge in [-0.2, -0.15) is 13.2 Å². The Labute approximate surface area is 160 Å². The van der Waals surface area contributed by atoms with Crippen molar-refractivity contribution in [3.63, 3.8) is 0 Å². The molecule has 1 aromatic carbocycles. The zero-order valence-electron chi connectivity index (χ0n) is 15.3. The van der Waals surface area contributed by atoms with Gasteiger partial charge in [0.15, 0.2) is 0 Å². The molecule has 0 spiro atoms. The number of amides is 1. The highest BCUT2D eigenvalue weighted by Crippen LogP contribution is 2.35. The number of hydrogen-bond donors (Lipinski definition) is 1. The molecular weight excluding hydrogens is 373 g/mol. The summed E-state index contributed by atoms with van der Waals surface area (Å²) in [5.74, 6) is 0.379. The van der Waals surface area contributed by atoms with Crippen LogP contribution in [0.2, 0.25) is 0 Å². The van der Waals surface area contributed by atoms with Crippen LogP contribution in [-0.4, -0.2) is 36.0 Å². The summed E-state index contributed by atoms with van der Waals surface area (Å²) in [5.41, 5.74) is -0.434. The average Bonchev–Trinajstić information content (AvgIpc) is 3.14. The van der Waals surface area contributed by atoms with Crippen LogP contribution < -0.4 is 10.1 Å². The number of alkyl halides is 3. The molecular formula is C20H21F3N2O3. The Kier molecular flexibility index (Phi) is 4.82. The van der Waals surface area contributed by atoms with Crippen molar-refractivity contribution in [1.29, 1.82) is 0 Å². The molecule has 1 N–H and O–H groups in total. The highest BCUT2D eigenvalue weighted by Gasteiger charge is 2.40. The maximum absolute atomic E-state index is 12.6. The lowest BCUT2D eigenvalue weighted by atomic mass is 9.79. The normalized spacial score (nSPS) is 26.9. The summed E-state index contributed by atoms with van der Waals surface area (Å²) in [6.45, 7) is 4.33. The molecule has 3 fully saturated rings. The van der Waals surface area contributed by atoms with Crippen molar-refractivity contribution in [2.24, 2.45) is 5.92 Å². The molecule has 1 amide bonds. The third-order valence-electron chi connectivity index (χ3n) is 5.71. The fraction of sp³-hybridized carbons (Fsp3) is 0.450. The minimum absolute atomic E-state index is 0.134. The number of piperidine rings is 3. The first-order valence-corrected chi connectivity index (χ1v) is 9.30. The summed E-state index contributed by atoms with van der Waals surface area (Å²) in [4.78, 5) is 15.0. The lowest BCUT2D eigenvalue weighted by Gasteiger charge is -2.49. The first-order valence-electron chi connectivity index (χ1n) is 9.30. The molecule has 150 valence electrons. The molecule has 0 radical (unpaired) electrons.